The molecule has 0 aromatic carbocycles. The number of hydrogen-bond donors (Lipinski definition) is 1. The lowest BCUT2D eigenvalue weighted by atomic mass is 10.2. The fourth-order valence-corrected chi connectivity index (χ4v) is 1.31. The molecule has 0 aliphatic heterocycles. The minimum Gasteiger partial charge on any atom is -0.476 e. The Morgan fingerprint density at radius 1 is 1.67 bits per heavy atom. The highest BCUT2D eigenvalue weighted by Gasteiger charge is 2.18. The van der Waals surface area contributed by atoms with Crippen molar-refractivity contribution in [2.24, 2.45) is 0 Å². The highest BCUT2D eigenvalue weighted by Crippen LogP contribution is 2.07. The summed E-state index contributed by atoms with van der Waals surface area (Å²) < 4.78 is 6.67. The highest BCUT2D eigenvalue weighted by molar-refractivity contribution is 5.86. The maximum atomic E-state index is 10.8. The van der Waals surface area contributed by atoms with Crippen LogP contribution in [0, 0.1) is 0 Å². The van der Waals surface area contributed by atoms with Crippen molar-refractivity contribution in [1.29, 1.82) is 0 Å². The Balaban J connectivity index is 2.94. The number of aromatic nitrogens is 3. The van der Waals surface area contributed by atoms with Crippen LogP contribution < -0.4 is 0 Å². The first-order valence-electron chi connectivity index (χ1n) is 4.78. The van der Waals surface area contributed by atoms with Gasteiger partial charge >= 0.3 is 5.97 Å². The van der Waals surface area contributed by atoms with Gasteiger partial charge in [-0.25, -0.2) is 9.48 Å². The van der Waals surface area contributed by atoms with E-state index in [9.17, 15) is 4.79 Å². The van der Waals surface area contributed by atoms with Crippen LogP contribution in [0.25, 0.3) is 0 Å². The maximum Gasteiger partial charge on any atom is 0.358 e. The molecule has 0 aliphatic carbocycles. The first kappa shape index (κ1) is 11.6. The molecule has 0 fully saturated rings. The van der Waals surface area contributed by atoms with E-state index in [1.54, 1.807) is 11.8 Å². The van der Waals surface area contributed by atoms with Crippen LogP contribution in [0.1, 0.15) is 30.0 Å². The van der Waals surface area contributed by atoms with E-state index in [-0.39, 0.29) is 11.8 Å². The molecule has 6 heteroatoms. The van der Waals surface area contributed by atoms with Crippen molar-refractivity contribution in [3.63, 3.8) is 0 Å². The summed E-state index contributed by atoms with van der Waals surface area (Å²) in [5.41, 5.74) is 0.659. The van der Waals surface area contributed by atoms with Crippen LogP contribution in [0.5, 0.6) is 0 Å². The summed E-state index contributed by atoms with van der Waals surface area (Å²) in [6, 6.07) is 0. The van der Waals surface area contributed by atoms with Crippen LogP contribution in [-0.2, 0) is 17.7 Å². The van der Waals surface area contributed by atoms with E-state index in [1.807, 2.05) is 13.8 Å². The summed E-state index contributed by atoms with van der Waals surface area (Å²) in [6.45, 7) is 4.28. The average Bonchev–Trinajstić information content (AvgIpc) is 2.60. The fourth-order valence-electron chi connectivity index (χ4n) is 1.31. The fraction of sp³-hybridized carbons (Fsp3) is 0.667. The minimum absolute atomic E-state index is 0.0151. The molecule has 0 amide bonds. The lowest BCUT2D eigenvalue weighted by molar-refractivity contribution is 0.0688. The number of carboxylic acid groups (broad SMARTS) is 1. The number of carbonyl (C=O) groups is 1. The van der Waals surface area contributed by atoms with Crippen molar-refractivity contribution in [2.45, 2.75) is 32.9 Å². The van der Waals surface area contributed by atoms with Gasteiger partial charge in [-0.15, -0.1) is 5.10 Å². The van der Waals surface area contributed by atoms with Gasteiger partial charge in [0.2, 0.25) is 0 Å². The molecule has 0 saturated carbocycles. The molecule has 1 aromatic heterocycles. The molecule has 0 spiro atoms. The summed E-state index contributed by atoms with van der Waals surface area (Å²) in [6.07, 6.45) is 0.573. The first-order valence-corrected chi connectivity index (χ1v) is 4.78. The van der Waals surface area contributed by atoms with Gasteiger partial charge < -0.3 is 9.84 Å². The predicted molar refractivity (Wildman–Crippen MR) is 52.8 cm³/mol. The molecular weight excluding hydrogens is 198 g/mol. The van der Waals surface area contributed by atoms with Gasteiger partial charge in [0.05, 0.1) is 18.3 Å². The Hall–Kier alpha value is -1.43. The Labute approximate surface area is 87.9 Å². The lowest BCUT2D eigenvalue weighted by Crippen LogP contribution is -2.18. The molecule has 1 unspecified atom stereocenters. The topological polar surface area (TPSA) is 77.2 Å². The van der Waals surface area contributed by atoms with E-state index in [0.29, 0.717) is 18.7 Å². The molecule has 0 aliphatic rings. The molecule has 15 heavy (non-hydrogen) atoms. The van der Waals surface area contributed by atoms with Gasteiger partial charge in [0.1, 0.15) is 0 Å². The maximum absolute atomic E-state index is 10.8. The first-order chi connectivity index (χ1) is 7.10. The molecular formula is C9H15N3O3. The van der Waals surface area contributed by atoms with Crippen molar-refractivity contribution >= 4 is 5.97 Å². The quantitative estimate of drug-likeness (QED) is 0.773. The van der Waals surface area contributed by atoms with Crippen LogP contribution in [-0.4, -0.2) is 39.3 Å². The van der Waals surface area contributed by atoms with Crippen molar-refractivity contribution < 1.29 is 14.6 Å². The smallest absolute Gasteiger partial charge is 0.358 e. The van der Waals surface area contributed by atoms with Gasteiger partial charge in [-0.05, 0) is 13.3 Å². The normalized spacial score (nSPS) is 12.7. The zero-order chi connectivity index (χ0) is 11.4. The van der Waals surface area contributed by atoms with Crippen molar-refractivity contribution in [3.8, 4) is 0 Å². The second kappa shape index (κ2) is 4.88. The van der Waals surface area contributed by atoms with Crippen molar-refractivity contribution in [2.75, 3.05) is 7.11 Å². The zero-order valence-corrected chi connectivity index (χ0v) is 9.10. The number of rotatable bonds is 5. The van der Waals surface area contributed by atoms with E-state index >= 15 is 0 Å². The molecule has 84 valence electrons. The molecule has 1 heterocycles. The third kappa shape index (κ3) is 2.53. The molecule has 1 aromatic rings. The van der Waals surface area contributed by atoms with Crippen LogP contribution in [0.2, 0.25) is 0 Å². The standard InChI is InChI=1S/C9H15N3O3/c1-4-7-8(9(13)14)10-11-12(7)5-6(2)15-3/h6H,4-5H2,1-3H3,(H,13,14). The second-order valence-electron chi connectivity index (χ2n) is 3.27. The summed E-state index contributed by atoms with van der Waals surface area (Å²) in [5, 5.41) is 16.3. The van der Waals surface area contributed by atoms with Gasteiger partial charge in [-0.1, -0.05) is 12.1 Å². The third-order valence-electron chi connectivity index (χ3n) is 2.21. The molecule has 1 atom stereocenters. The Kier molecular flexibility index (Phi) is 3.79. The van der Waals surface area contributed by atoms with Crippen LogP contribution in [0.15, 0.2) is 0 Å². The van der Waals surface area contributed by atoms with E-state index < -0.39 is 5.97 Å². The third-order valence-corrected chi connectivity index (χ3v) is 2.21. The summed E-state index contributed by atoms with van der Waals surface area (Å²) >= 11 is 0. The number of methoxy groups -OCH3 is 1. The van der Waals surface area contributed by atoms with E-state index in [2.05, 4.69) is 10.3 Å². The van der Waals surface area contributed by atoms with Gasteiger partial charge in [0, 0.05) is 7.11 Å². The molecule has 1 N–H and O–H groups in total. The van der Waals surface area contributed by atoms with Crippen molar-refractivity contribution in [1.82, 2.24) is 15.0 Å². The summed E-state index contributed by atoms with van der Waals surface area (Å²) in [7, 11) is 1.60. The minimum atomic E-state index is -1.04. The van der Waals surface area contributed by atoms with Crippen LogP contribution in [0.3, 0.4) is 0 Å². The zero-order valence-electron chi connectivity index (χ0n) is 9.10. The average molecular weight is 213 g/mol. The van der Waals surface area contributed by atoms with E-state index in [1.165, 1.54) is 0 Å². The number of hydrogen-bond acceptors (Lipinski definition) is 4. The van der Waals surface area contributed by atoms with Crippen LogP contribution in [0.4, 0.5) is 0 Å². The second-order valence-corrected chi connectivity index (χ2v) is 3.27. The Bertz CT molecular complexity index is 348. The van der Waals surface area contributed by atoms with Gasteiger partial charge in [0.25, 0.3) is 0 Å². The Morgan fingerprint density at radius 2 is 2.33 bits per heavy atom. The van der Waals surface area contributed by atoms with Gasteiger partial charge in [-0.2, -0.15) is 0 Å². The number of ether oxygens (including phenoxy) is 1. The number of carboxylic acids is 1. The monoisotopic (exact) mass is 213 g/mol. The van der Waals surface area contributed by atoms with Gasteiger partial charge in [-0.3, -0.25) is 0 Å². The molecule has 0 radical (unpaired) electrons. The molecule has 1 rings (SSSR count). The van der Waals surface area contributed by atoms with E-state index in [4.69, 9.17) is 9.84 Å². The number of aromatic carboxylic acids is 1. The highest BCUT2D eigenvalue weighted by atomic mass is 16.5. The van der Waals surface area contributed by atoms with E-state index in [0.717, 1.165) is 0 Å². The predicted octanol–water partition coefficient (Wildman–Crippen LogP) is 0.574. The lowest BCUT2D eigenvalue weighted by Gasteiger charge is -2.10. The largest absolute Gasteiger partial charge is 0.476 e. The summed E-state index contributed by atoms with van der Waals surface area (Å²) in [5.74, 6) is -1.04. The van der Waals surface area contributed by atoms with Gasteiger partial charge in [0.15, 0.2) is 5.69 Å². The summed E-state index contributed by atoms with van der Waals surface area (Å²) in [4.78, 5) is 10.8. The Morgan fingerprint density at radius 3 is 2.80 bits per heavy atom. The number of nitrogens with zero attached hydrogens (tertiary/aromatic N) is 3. The molecule has 0 bridgehead atoms. The molecule has 6 nitrogen and oxygen atoms in total. The SMILES string of the molecule is CCc1c(C(=O)O)nnn1CC(C)OC. The molecule has 0 saturated heterocycles. The van der Waals surface area contributed by atoms with Crippen molar-refractivity contribution in [3.05, 3.63) is 11.4 Å². The van der Waals surface area contributed by atoms with Crippen LogP contribution >= 0.6 is 0 Å².